The van der Waals surface area contributed by atoms with Gasteiger partial charge in [0, 0.05) is 25.2 Å². The highest BCUT2D eigenvalue weighted by atomic mass is 19.4. The van der Waals surface area contributed by atoms with E-state index in [1.54, 1.807) is 11.8 Å². The summed E-state index contributed by atoms with van der Waals surface area (Å²) in [5, 5.41) is 2.50. The van der Waals surface area contributed by atoms with Crippen molar-refractivity contribution in [3.8, 4) is 0 Å². The molecule has 2 amide bonds. The van der Waals surface area contributed by atoms with Gasteiger partial charge in [0.2, 0.25) is 5.91 Å². The van der Waals surface area contributed by atoms with Crippen molar-refractivity contribution in [3.63, 3.8) is 0 Å². The van der Waals surface area contributed by atoms with Crippen LogP contribution >= 0.6 is 0 Å². The SMILES string of the molecule is CCCN(C(=O)CC)c1cc2c(cc1CNC(=O)OCc1cc(C(F)(F)F)cc(C(F)(F)F)c1)CCC2. The maximum absolute atomic E-state index is 13.1. The first-order chi connectivity index (χ1) is 17.3. The van der Waals surface area contributed by atoms with E-state index >= 15 is 0 Å². The number of ether oxygens (including phenoxy) is 1. The Labute approximate surface area is 210 Å². The number of hydrogen-bond acceptors (Lipinski definition) is 3. The Balaban J connectivity index is 1.76. The molecule has 0 atom stereocenters. The zero-order chi connectivity index (χ0) is 27.4. The van der Waals surface area contributed by atoms with Crippen LogP contribution in [0, 0.1) is 0 Å². The molecule has 1 aliphatic rings. The summed E-state index contributed by atoms with van der Waals surface area (Å²) >= 11 is 0. The molecule has 0 saturated carbocycles. The van der Waals surface area contributed by atoms with Gasteiger partial charge in [-0.2, -0.15) is 26.3 Å². The fourth-order valence-electron chi connectivity index (χ4n) is 4.32. The van der Waals surface area contributed by atoms with Crippen LogP contribution in [-0.4, -0.2) is 18.5 Å². The molecule has 0 unspecified atom stereocenters. The second-order valence-corrected chi connectivity index (χ2v) is 8.85. The molecule has 1 N–H and O–H groups in total. The average Bonchev–Trinajstić information content (AvgIpc) is 3.30. The Hall–Kier alpha value is -3.24. The molecule has 0 bridgehead atoms. The number of nitrogens with one attached hydrogen (secondary N) is 1. The molecule has 5 nitrogen and oxygen atoms in total. The van der Waals surface area contributed by atoms with Crippen molar-refractivity contribution < 1.29 is 40.7 Å². The van der Waals surface area contributed by atoms with E-state index in [0.717, 1.165) is 30.4 Å². The van der Waals surface area contributed by atoms with Crippen LogP contribution in [0.15, 0.2) is 30.3 Å². The maximum atomic E-state index is 13.1. The van der Waals surface area contributed by atoms with Crippen molar-refractivity contribution in [1.29, 1.82) is 0 Å². The average molecular weight is 531 g/mol. The number of halogens is 6. The van der Waals surface area contributed by atoms with Gasteiger partial charge < -0.3 is 15.0 Å². The van der Waals surface area contributed by atoms with Crippen LogP contribution in [0.2, 0.25) is 0 Å². The highest BCUT2D eigenvalue weighted by molar-refractivity contribution is 5.94. The third kappa shape index (κ3) is 7.17. The van der Waals surface area contributed by atoms with Gasteiger partial charge >= 0.3 is 18.4 Å². The van der Waals surface area contributed by atoms with E-state index in [2.05, 4.69) is 5.32 Å². The lowest BCUT2D eigenvalue weighted by atomic mass is 10.0. The summed E-state index contributed by atoms with van der Waals surface area (Å²) in [6, 6.07) is 4.92. The van der Waals surface area contributed by atoms with Gasteiger partial charge in [0.05, 0.1) is 11.1 Å². The molecule has 0 spiro atoms. The zero-order valence-corrected chi connectivity index (χ0v) is 20.5. The number of hydrogen-bond donors (Lipinski definition) is 1. The van der Waals surface area contributed by atoms with E-state index in [4.69, 9.17) is 4.74 Å². The Kier molecular flexibility index (Phi) is 8.76. The lowest BCUT2D eigenvalue weighted by molar-refractivity contribution is -0.143. The fourth-order valence-corrected chi connectivity index (χ4v) is 4.32. The van der Waals surface area contributed by atoms with Gasteiger partial charge in [-0.25, -0.2) is 4.79 Å². The molecule has 202 valence electrons. The monoisotopic (exact) mass is 530 g/mol. The lowest BCUT2D eigenvalue weighted by Crippen LogP contribution is -2.33. The quantitative estimate of drug-likeness (QED) is 0.382. The molecule has 1 aliphatic carbocycles. The van der Waals surface area contributed by atoms with Crippen LogP contribution in [0.5, 0.6) is 0 Å². The van der Waals surface area contributed by atoms with E-state index in [1.165, 1.54) is 0 Å². The predicted molar refractivity (Wildman–Crippen MR) is 125 cm³/mol. The van der Waals surface area contributed by atoms with Crippen LogP contribution in [-0.2, 0) is 47.9 Å². The molecule has 3 rings (SSSR count). The number of rotatable bonds is 8. The van der Waals surface area contributed by atoms with Crippen LogP contribution < -0.4 is 10.2 Å². The highest BCUT2D eigenvalue weighted by Gasteiger charge is 2.37. The van der Waals surface area contributed by atoms with Crippen LogP contribution in [0.4, 0.5) is 36.8 Å². The fraction of sp³-hybridized carbons (Fsp3) is 0.462. The largest absolute Gasteiger partial charge is 0.445 e. The molecule has 0 aliphatic heterocycles. The van der Waals surface area contributed by atoms with Crippen molar-refractivity contribution in [1.82, 2.24) is 5.32 Å². The molecule has 0 heterocycles. The number of aryl methyl sites for hydroxylation is 2. The summed E-state index contributed by atoms with van der Waals surface area (Å²) in [7, 11) is 0. The van der Waals surface area contributed by atoms with Crippen molar-refractivity contribution in [2.45, 2.75) is 71.5 Å². The Morgan fingerprint density at radius 2 is 1.51 bits per heavy atom. The Morgan fingerprint density at radius 1 is 0.919 bits per heavy atom. The van der Waals surface area contributed by atoms with Gasteiger partial charge in [-0.1, -0.05) is 19.9 Å². The lowest BCUT2D eigenvalue weighted by Gasteiger charge is -2.26. The van der Waals surface area contributed by atoms with Crippen LogP contribution in [0.1, 0.15) is 66.5 Å². The topological polar surface area (TPSA) is 58.6 Å². The summed E-state index contributed by atoms with van der Waals surface area (Å²) in [5.41, 5.74) is 0.169. The standard InChI is InChI=1S/C26H28F6N2O3/c1-3-8-34(23(35)4-2)22-12-18-7-5-6-17(18)11-19(22)14-33-24(36)37-15-16-9-20(25(27,28)29)13-21(10-16)26(30,31)32/h9-13H,3-8,14-15H2,1-2H3,(H,33,36). The predicted octanol–water partition coefficient (Wildman–Crippen LogP) is 6.79. The first-order valence-electron chi connectivity index (χ1n) is 12.0. The molecule has 37 heavy (non-hydrogen) atoms. The normalized spacial score (nSPS) is 13.3. The first-order valence-corrected chi connectivity index (χ1v) is 12.0. The Morgan fingerprint density at radius 3 is 2.05 bits per heavy atom. The first kappa shape index (κ1) is 28.3. The third-order valence-electron chi connectivity index (χ3n) is 6.08. The number of alkyl halides is 6. The second kappa shape index (κ2) is 11.4. The van der Waals surface area contributed by atoms with E-state index in [-0.39, 0.29) is 18.5 Å². The number of nitrogens with zero attached hydrogens (tertiary/aromatic N) is 1. The smallest absolute Gasteiger partial charge is 0.416 e. The third-order valence-corrected chi connectivity index (χ3v) is 6.08. The number of alkyl carbamates (subject to hydrolysis) is 1. The van der Waals surface area contributed by atoms with Gasteiger partial charge in [0.1, 0.15) is 6.61 Å². The zero-order valence-electron chi connectivity index (χ0n) is 20.5. The van der Waals surface area contributed by atoms with E-state index in [0.29, 0.717) is 42.8 Å². The molecule has 0 radical (unpaired) electrons. The van der Waals surface area contributed by atoms with E-state index in [1.807, 2.05) is 19.1 Å². The molecular weight excluding hydrogens is 502 g/mol. The number of carbonyl (C=O) groups is 2. The molecule has 2 aromatic carbocycles. The van der Waals surface area contributed by atoms with Gasteiger partial charge in [-0.3, -0.25) is 4.79 Å². The molecule has 11 heteroatoms. The second-order valence-electron chi connectivity index (χ2n) is 8.85. The minimum atomic E-state index is -5.00. The number of amides is 2. The van der Waals surface area contributed by atoms with Crippen molar-refractivity contribution in [2.75, 3.05) is 11.4 Å². The minimum Gasteiger partial charge on any atom is -0.445 e. The van der Waals surface area contributed by atoms with Gasteiger partial charge in [0.25, 0.3) is 0 Å². The van der Waals surface area contributed by atoms with Crippen molar-refractivity contribution in [2.24, 2.45) is 0 Å². The Bertz CT molecular complexity index is 1110. The van der Waals surface area contributed by atoms with E-state index in [9.17, 15) is 35.9 Å². The summed E-state index contributed by atoms with van der Waals surface area (Å²) in [4.78, 5) is 26.6. The summed E-state index contributed by atoms with van der Waals surface area (Å²) in [6.07, 6.45) is -7.28. The van der Waals surface area contributed by atoms with Gasteiger partial charge in [-0.05, 0) is 72.2 Å². The molecule has 0 aromatic heterocycles. The number of anilines is 1. The summed E-state index contributed by atoms with van der Waals surface area (Å²) in [6.45, 7) is 3.36. The van der Waals surface area contributed by atoms with Gasteiger partial charge in [0.15, 0.2) is 0 Å². The molecular formula is C26H28F6N2O3. The minimum absolute atomic E-state index is 0.0125. The number of fused-ring (bicyclic) bond motifs is 1. The molecule has 0 fully saturated rings. The number of benzene rings is 2. The van der Waals surface area contributed by atoms with Crippen molar-refractivity contribution in [3.05, 3.63) is 63.7 Å². The molecule has 2 aromatic rings. The number of carbonyl (C=O) groups excluding carboxylic acids is 2. The van der Waals surface area contributed by atoms with E-state index < -0.39 is 41.7 Å². The van der Waals surface area contributed by atoms with Crippen molar-refractivity contribution >= 4 is 17.7 Å². The summed E-state index contributed by atoms with van der Waals surface area (Å²) in [5.74, 6) is -0.0753. The summed E-state index contributed by atoms with van der Waals surface area (Å²) < 4.78 is 83.3. The van der Waals surface area contributed by atoms with Gasteiger partial charge in [-0.15, -0.1) is 0 Å². The molecule has 0 saturated heterocycles. The van der Waals surface area contributed by atoms with Crippen LogP contribution in [0.3, 0.4) is 0 Å². The highest BCUT2D eigenvalue weighted by Crippen LogP contribution is 2.36. The maximum Gasteiger partial charge on any atom is 0.416 e. The van der Waals surface area contributed by atoms with Crippen LogP contribution in [0.25, 0.3) is 0 Å².